The summed E-state index contributed by atoms with van der Waals surface area (Å²) in [6.07, 6.45) is 5.38. The molecule has 2 aromatic rings. The summed E-state index contributed by atoms with van der Waals surface area (Å²) in [6, 6.07) is 10.6. The third-order valence-electron chi connectivity index (χ3n) is 5.30. The number of allylic oxidation sites excluding steroid dienone is 5. The van der Waals surface area contributed by atoms with Crippen LogP contribution in [0.3, 0.4) is 0 Å². The Morgan fingerprint density at radius 3 is 2.50 bits per heavy atom. The number of phenols is 1. The lowest BCUT2D eigenvalue weighted by Gasteiger charge is -2.27. The van der Waals surface area contributed by atoms with Gasteiger partial charge in [0.1, 0.15) is 5.75 Å². The van der Waals surface area contributed by atoms with Crippen LogP contribution in [0.5, 0.6) is 5.75 Å². The average molecular weight is 372 g/mol. The summed E-state index contributed by atoms with van der Waals surface area (Å²) in [7, 11) is 0. The van der Waals surface area contributed by atoms with Crippen molar-refractivity contribution in [2.75, 3.05) is 0 Å². The summed E-state index contributed by atoms with van der Waals surface area (Å²) in [6.45, 7) is 4.05. The van der Waals surface area contributed by atoms with Gasteiger partial charge in [-0.3, -0.25) is 4.79 Å². The fourth-order valence-electron chi connectivity index (χ4n) is 3.89. The lowest BCUT2D eigenvalue weighted by Crippen LogP contribution is -2.14. The molecule has 0 amide bonds. The average Bonchev–Trinajstić information content (AvgIpc) is 2.65. The molecule has 4 nitrogen and oxygen atoms in total. The number of rotatable bonds is 3. The molecule has 0 aliphatic heterocycles. The van der Waals surface area contributed by atoms with E-state index in [0.29, 0.717) is 12.0 Å². The maximum absolute atomic E-state index is 12.1. The van der Waals surface area contributed by atoms with E-state index in [0.717, 1.165) is 33.4 Å². The van der Waals surface area contributed by atoms with E-state index in [-0.39, 0.29) is 23.0 Å². The van der Waals surface area contributed by atoms with Crippen molar-refractivity contribution in [3.63, 3.8) is 0 Å². The Hall–Kier alpha value is -3.40. The van der Waals surface area contributed by atoms with Crippen LogP contribution in [0.2, 0.25) is 0 Å². The first-order valence-corrected chi connectivity index (χ1v) is 9.22. The van der Waals surface area contributed by atoms with Crippen LogP contribution in [0.4, 0.5) is 0 Å². The van der Waals surface area contributed by atoms with Crippen molar-refractivity contribution < 1.29 is 19.8 Å². The summed E-state index contributed by atoms with van der Waals surface area (Å²) < 4.78 is 0. The molecule has 0 unspecified atom stereocenters. The fourth-order valence-corrected chi connectivity index (χ4v) is 3.89. The minimum atomic E-state index is -0.988. The van der Waals surface area contributed by atoms with E-state index >= 15 is 0 Å². The van der Waals surface area contributed by atoms with Gasteiger partial charge in [-0.2, -0.15) is 0 Å². The number of aromatic carboxylic acids is 1. The van der Waals surface area contributed by atoms with Gasteiger partial charge in [-0.15, -0.1) is 0 Å². The number of ketones is 1. The van der Waals surface area contributed by atoms with Crippen LogP contribution < -0.4 is 0 Å². The monoisotopic (exact) mass is 372 g/mol. The van der Waals surface area contributed by atoms with Crippen molar-refractivity contribution in [3.8, 4) is 5.75 Å². The molecule has 2 aromatic carbocycles. The molecule has 0 saturated carbocycles. The second-order valence-corrected chi connectivity index (χ2v) is 7.48. The van der Waals surface area contributed by atoms with Gasteiger partial charge in [-0.1, -0.05) is 38.1 Å². The van der Waals surface area contributed by atoms with Gasteiger partial charge in [-0.05, 0) is 81.7 Å². The van der Waals surface area contributed by atoms with Gasteiger partial charge in [0.2, 0.25) is 0 Å². The van der Waals surface area contributed by atoms with Crippen molar-refractivity contribution in [2.45, 2.75) is 26.2 Å². The van der Waals surface area contributed by atoms with Crippen molar-refractivity contribution in [3.05, 3.63) is 93.6 Å². The number of carboxylic acids is 1. The molecule has 28 heavy (non-hydrogen) atoms. The Balaban J connectivity index is 2.04. The van der Waals surface area contributed by atoms with E-state index in [1.54, 1.807) is 30.4 Å². The molecular formula is C24H20O4. The molecule has 0 atom stereocenters. The van der Waals surface area contributed by atoms with Gasteiger partial charge in [0, 0.05) is 0 Å². The first kappa shape index (κ1) is 18.0. The number of carbonyl (C=O) groups is 2. The number of carboxylic acid groups (broad SMARTS) is 1. The lowest BCUT2D eigenvalue weighted by molar-refractivity contribution is -0.110. The van der Waals surface area contributed by atoms with Gasteiger partial charge < -0.3 is 10.2 Å². The number of hydrogen-bond acceptors (Lipinski definition) is 3. The number of fused-ring (bicyclic) bond motifs is 2. The molecule has 0 fully saturated rings. The zero-order valence-electron chi connectivity index (χ0n) is 15.7. The first-order valence-electron chi connectivity index (χ1n) is 9.22. The second-order valence-electron chi connectivity index (χ2n) is 7.48. The highest BCUT2D eigenvalue weighted by molar-refractivity contribution is 6.06. The third-order valence-corrected chi connectivity index (χ3v) is 5.30. The van der Waals surface area contributed by atoms with Crippen molar-refractivity contribution in [1.29, 1.82) is 0 Å². The van der Waals surface area contributed by atoms with E-state index in [2.05, 4.69) is 0 Å². The SMILES string of the molecule is CC(C)c1ccc(C2=C3C=CC(=O)C=C3Cc3cc(O)ccc32)c(C(=O)O)c1. The number of benzene rings is 2. The van der Waals surface area contributed by atoms with Crippen LogP contribution in [-0.4, -0.2) is 22.0 Å². The Kier molecular flexibility index (Phi) is 4.27. The van der Waals surface area contributed by atoms with Gasteiger partial charge in [0.25, 0.3) is 0 Å². The van der Waals surface area contributed by atoms with Crippen LogP contribution in [0.25, 0.3) is 5.57 Å². The van der Waals surface area contributed by atoms with Crippen LogP contribution in [0, 0.1) is 0 Å². The standard InChI is InChI=1S/C24H20O4/c1-13(2)14-3-6-21(22(12-14)24(27)28)23-19-7-4-17(25)10-15(19)9-16-11-18(26)5-8-20(16)23/h3-8,10-13,25H,9H2,1-2H3,(H,27,28). The molecule has 2 N–H and O–H groups in total. The molecule has 0 heterocycles. The van der Waals surface area contributed by atoms with Crippen molar-refractivity contribution in [2.24, 2.45) is 0 Å². The molecule has 4 heteroatoms. The first-order chi connectivity index (χ1) is 13.3. The van der Waals surface area contributed by atoms with Gasteiger partial charge in [-0.25, -0.2) is 4.79 Å². The van der Waals surface area contributed by atoms with E-state index in [1.807, 2.05) is 32.0 Å². The zero-order chi connectivity index (χ0) is 20.0. The van der Waals surface area contributed by atoms with E-state index in [1.165, 1.54) is 6.08 Å². The van der Waals surface area contributed by atoms with E-state index < -0.39 is 5.97 Å². The van der Waals surface area contributed by atoms with Gasteiger partial charge in [0.05, 0.1) is 5.56 Å². The number of carbonyl (C=O) groups excluding carboxylic acids is 1. The van der Waals surface area contributed by atoms with Crippen LogP contribution >= 0.6 is 0 Å². The number of phenolic OH excluding ortho intramolecular Hbond substituents is 1. The smallest absolute Gasteiger partial charge is 0.336 e. The van der Waals surface area contributed by atoms with Crippen molar-refractivity contribution >= 4 is 17.3 Å². The minimum Gasteiger partial charge on any atom is -0.508 e. The summed E-state index contributed by atoms with van der Waals surface area (Å²) in [4.78, 5) is 24.0. The molecule has 0 spiro atoms. The molecule has 0 aromatic heterocycles. The molecule has 0 saturated heterocycles. The zero-order valence-corrected chi connectivity index (χ0v) is 15.7. The predicted octanol–water partition coefficient (Wildman–Crippen LogP) is 4.64. The van der Waals surface area contributed by atoms with Crippen molar-refractivity contribution in [1.82, 2.24) is 0 Å². The highest BCUT2D eigenvalue weighted by Gasteiger charge is 2.28. The predicted molar refractivity (Wildman–Crippen MR) is 108 cm³/mol. The summed E-state index contributed by atoms with van der Waals surface area (Å²) >= 11 is 0. The van der Waals surface area contributed by atoms with Gasteiger partial charge in [0.15, 0.2) is 5.78 Å². The molecular weight excluding hydrogens is 352 g/mol. The Morgan fingerprint density at radius 2 is 1.79 bits per heavy atom. The van der Waals surface area contributed by atoms with E-state index in [9.17, 15) is 19.8 Å². The maximum atomic E-state index is 12.1. The minimum absolute atomic E-state index is 0.0877. The molecule has 0 radical (unpaired) electrons. The molecule has 2 aliphatic carbocycles. The van der Waals surface area contributed by atoms with E-state index in [4.69, 9.17) is 0 Å². The topological polar surface area (TPSA) is 74.6 Å². The Morgan fingerprint density at radius 1 is 1.04 bits per heavy atom. The molecule has 140 valence electrons. The fraction of sp³-hybridized carbons (Fsp3) is 0.167. The molecule has 4 rings (SSSR count). The summed E-state index contributed by atoms with van der Waals surface area (Å²) in [5, 5.41) is 19.8. The Labute approximate surface area is 163 Å². The largest absolute Gasteiger partial charge is 0.508 e. The lowest BCUT2D eigenvalue weighted by atomic mass is 9.76. The molecule has 2 aliphatic rings. The summed E-state index contributed by atoms with van der Waals surface area (Å²) in [5.74, 6) is -0.718. The third kappa shape index (κ3) is 2.97. The van der Waals surface area contributed by atoms with Crippen LogP contribution in [0.1, 0.15) is 52.4 Å². The second kappa shape index (κ2) is 6.64. The summed E-state index contributed by atoms with van der Waals surface area (Å²) in [5.41, 5.74) is 6.04. The highest BCUT2D eigenvalue weighted by Crippen LogP contribution is 2.42. The highest BCUT2D eigenvalue weighted by atomic mass is 16.4. The number of hydrogen-bond donors (Lipinski definition) is 2. The van der Waals surface area contributed by atoms with Crippen LogP contribution in [0.15, 0.2) is 65.8 Å². The Bertz CT molecular complexity index is 1110. The van der Waals surface area contributed by atoms with Gasteiger partial charge >= 0.3 is 5.97 Å². The normalized spacial score (nSPS) is 15.4. The van der Waals surface area contributed by atoms with Crippen LogP contribution in [-0.2, 0) is 11.2 Å². The number of aromatic hydroxyl groups is 1. The maximum Gasteiger partial charge on any atom is 0.336 e. The molecule has 0 bridgehead atoms. The quantitative estimate of drug-likeness (QED) is 0.823.